The van der Waals surface area contributed by atoms with Crippen LogP contribution in [0.3, 0.4) is 0 Å². The molecule has 3 rings (SSSR count). The van der Waals surface area contributed by atoms with Gasteiger partial charge in [-0.2, -0.15) is 0 Å². The first-order valence-electron chi connectivity index (χ1n) is 7.09. The van der Waals surface area contributed by atoms with E-state index in [2.05, 4.69) is 17.0 Å². The summed E-state index contributed by atoms with van der Waals surface area (Å²) >= 11 is 0. The lowest BCUT2D eigenvalue weighted by molar-refractivity contribution is 0.174. The van der Waals surface area contributed by atoms with E-state index in [4.69, 9.17) is 9.47 Å². The van der Waals surface area contributed by atoms with Gasteiger partial charge in [0.1, 0.15) is 0 Å². The van der Waals surface area contributed by atoms with Crippen LogP contribution in [0.1, 0.15) is 19.8 Å². The summed E-state index contributed by atoms with van der Waals surface area (Å²) in [6.07, 6.45) is 1.94. The van der Waals surface area contributed by atoms with Crippen LogP contribution in [0.2, 0.25) is 0 Å². The molecular weight excluding hydrogens is 328 g/mol. The molecule has 2 heterocycles. The fourth-order valence-corrected chi connectivity index (χ4v) is 3.82. The van der Waals surface area contributed by atoms with E-state index in [1.54, 1.807) is 12.1 Å². The molecule has 1 aromatic carbocycles. The second kappa shape index (κ2) is 6.62. The smallest absolute Gasteiger partial charge is 0.240 e. The molecule has 0 bridgehead atoms. The van der Waals surface area contributed by atoms with Crippen molar-refractivity contribution < 1.29 is 17.9 Å². The standard InChI is InChI=1S/C14H20N2O4S.ClH/c1-14(4-6-15-7-5-14)9-16-21(17,18)11-2-3-12-13(8-11)20-10-19-12;/h2-3,8,15-16H,4-7,9-10H2,1H3;1H. The number of ether oxygens (including phenoxy) is 2. The molecule has 1 fully saturated rings. The fraction of sp³-hybridized carbons (Fsp3) is 0.571. The molecule has 0 unspecified atom stereocenters. The fourth-order valence-electron chi connectivity index (χ4n) is 2.60. The molecule has 0 spiro atoms. The third-order valence-corrected chi connectivity index (χ3v) is 5.55. The summed E-state index contributed by atoms with van der Waals surface area (Å²) < 4.78 is 37.9. The summed E-state index contributed by atoms with van der Waals surface area (Å²) in [7, 11) is -3.53. The van der Waals surface area contributed by atoms with Gasteiger partial charge in [-0.15, -0.1) is 12.4 Å². The molecule has 0 atom stereocenters. The Hall–Kier alpha value is -1.02. The number of piperidine rings is 1. The minimum atomic E-state index is -3.53. The predicted molar refractivity (Wildman–Crippen MR) is 85.2 cm³/mol. The van der Waals surface area contributed by atoms with Gasteiger partial charge >= 0.3 is 0 Å². The van der Waals surface area contributed by atoms with E-state index >= 15 is 0 Å². The van der Waals surface area contributed by atoms with Crippen LogP contribution in [-0.4, -0.2) is 34.8 Å². The maximum atomic E-state index is 12.4. The van der Waals surface area contributed by atoms with E-state index in [0.717, 1.165) is 25.9 Å². The zero-order chi connectivity index (χ0) is 14.9. The van der Waals surface area contributed by atoms with Crippen molar-refractivity contribution in [3.05, 3.63) is 18.2 Å². The number of fused-ring (bicyclic) bond motifs is 1. The normalized spacial score (nSPS) is 19.5. The van der Waals surface area contributed by atoms with Gasteiger partial charge in [0.2, 0.25) is 16.8 Å². The summed E-state index contributed by atoms with van der Waals surface area (Å²) in [6, 6.07) is 4.68. The number of benzene rings is 1. The Morgan fingerprint density at radius 3 is 2.64 bits per heavy atom. The van der Waals surface area contributed by atoms with E-state index in [9.17, 15) is 8.42 Å². The van der Waals surface area contributed by atoms with E-state index in [1.165, 1.54) is 6.07 Å². The third kappa shape index (κ3) is 3.65. The molecule has 0 saturated carbocycles. The Balaban J connectivity index is 0.00000176. The van der Waals surface area contributed by atoms with E-state index in [1.807, 2.05) is 0 Å². The van der Waals surface area contributed by atoms with Gasteiger partial charge in [0.05, 0.1) is 4.90 Å². The first-order valence-corrected chi connectivity index (χ1v) is 8.57. The molecule has 124 valence electrons. The van der Waals surface area contributed by atoms with Crippen molar-refractivity contribution in [3.63, 3.8) is 0 Å². The van der Waals surface area contributed by atoms with Crippen LogP contribution in [0, 0.1) is 5.41 Å². The average molecular weight is 349 g/mol. The maximum Gasteiger partial charge on any atom is 0.240 e. The zero-order valence-corrected chi connectivity index (χ0v) is 14.1. The van der Waals surface area contributed by atoms with Gasteiger partial charge in [-0.25, -0.2) is 13.1 Å². The highest BCUT2D eigenvalue weighted by molar-refractivity contribution is 7.89. The highest BCUT2D eigenvalue weighted by Crippen LogP contribution is 2.34. The lowest BCUT2D eigenvalue weighted by Crippen LogP contribution is -2.42. The zero-order valence-electron chi connectivity index (χ0n) is 12.4. The Morgan fingerprint density at radius 1 is 1.23 bits per heavy atom. The molecule has 0 radical (unpaired) electrons. The Labute approximate surface area is 137 Å². The van der Waals surface area contributed by atoms with Gasteiger partial charge < -0.3 is 14.8 Å². The van der Waals surface area contributed by atoms with Crippen molar-refractivity contribution in [2.75, 3.05) is 26.4 Å². The molecule has 1 aromatic rings. The molecule has 0 aromatic heterocycles. The molecule has 22 heavy (non-hydrogen) atoms. The van der Waals surface area contributed by atoms with Gasteiger partial charge in [-0.05, 0) is 43.5 Å². The van der Waals surface area contributed by atoms with Crippen molar-refractivity contribution >= 4 is 22.4 Å². The van der Waals surface area contributed by atoms with Crippen LogP contribution in [0.25, 0.3) is 0 Å². The summed E-state index contributed by atoms with van der Waals surface area (Å²) in [5.74, 6) is 1.06. The van der Waals surface area contributed by atoms with Crippen LogP contribution in [0.15, 0.2) is 23.1 Å². The van der Waals surface area contributed by atoms with Crippen molar-refractivity contribution in [1.82, 2.24) is 10.0 Å². The summed E-state index contributed by atoms with van der Waals surface area (Å²) in [4.78, 5) is 0.212. The minimum Gasteiger partial charge on any atom is -0.454 e. The molecule has 1 saturated heterocycles. The van der Waals surface area contributed by atoms with Crippen LogP contribution >= 0.6 is 12.4 Å². The second-order valence-electron chi connectivity index (χ2n) is 5.90. The molecule has 8 heteroatoms. The number of nitrogens with one attached hydrogen (secondary N) is 2. The maximum absolute atomic E-state index is 12.4. The van der Waals surface area contributed by atoms with Crippen LogP contribution in [-0.2, 0) is 10.0 Å². The van der Waals surface area contributed by atoms with Crippen LogP contribution < -0.4 is 19.5 Å². The minimum absolute atomic E-state index is 0. The first-order chi connectivity index (χ1) is 9.99. The van der Waals surface area contributed by atoms with E-state index in [0.29, 0.717) is 18.0 Å². The number of hydrogen-bond acceptors (Lipinski definition) is 5. The Morgan fingerprint density at radius 2 is 1.91 bits per heavy atom. The molecular formula is C14H21ClN2O4S. The Bertz CT molecular complexity index is 630. The van der Waals surface area contributed by atoms with Gasteiger partial charge in [0.15, 0.2) is 11.5 Å². The second-order valence-corrected chi connectivity index (χ2v) is 7.67. The topological polar surface area (TPSA) is 76.7 Å². The quantitative estimate of drug-likeness (QED) is 0.862. The highest BCUT2D eigenvalue weighted by Gasteiger charge is 2.29. The van der Waals surface area contributed by atoms with E-state index in [-0.39, 0.29) is 29.5 Å². The van der Waals surface area contributed by atoms with Crippen molar-refractivity contribution in [3.8, 4) is 11.5 Å². The molecule has 2 aliphatic rings. The van der Waals surface area contributed by atoms with Gasteiger partial charge in [-0.1, -0.05) is 6.92 Å². The SMILES string of the molecule is CC1(CNS(=O)(=O)c2ccc3c(c2)OCO3)CCNCC1.Cl. The molecule has 2 N–H and O–H groups in total. The third-order valence-electron chi connectivity index (χ3n) is 4.15. The predicted octanol–water partition coefficient (Wildman–Crippen LogP) is 1.51. The van der Waals surface area contributed by atoms with Gasteiger partial charge in [-0.3, -0.25) is 0 Å². The summed E-state index contributed by atoms with van der Waals surface area (Å²) in [5.41, 5.74) is 0.00859. The van der Waals surface area contributed by atoms with Crippen LogP contribution in [0.5, 0.6) is 11.5 Å². The average Bonchev–Trinajstić information content (AvgIpc) is 2.94. The molecule has 6 nitrogen and oxygen atoms in total. The number of sulfonamides is 1. The first kappa shape index (κ1) is 17.3. The van der Waals surface area contributed by atoms with Gasteiger partial charge in [0, 0.05) is 12.6 Å². The Kier molecular flexibility index (Phi) is 5.21. The summed E-state index contributed by atoms with van der Waals surface area (Å²) in [6.45, 7) is 4.57. The number of rotatable bonds is 4. The van der Waals surface area contributed by atoms with E-state index < -0.39 is 10.0 Å². The van der Waals surface area contributed by atoms with Crippen LogP contribution in [0.4, 0.5) is 0 Å². The monoisotopic (exact) mass is 348 g/mol. The number of hydrogen-bond donors (Lipinski definition) is 2. The summed E-state index contributed by atoms with van der Waals surface area (Å²) in [5, 5.41) is 3.29. The lowest BCUT2D eigenvalue weighted by atomic mass is 9.81. The van der Waals surface area contributed by atoms with Crippen molar-refractivity contribution in [2.24, 2.45) is 5.41 Å². The van der Waals surface area contributed by atoms with Crippen molar-refractivity contribution in [2.45, 2.75) is 24.7 Å². The lowest BCUT2D eigenvalue weighted by Gasteiger charge is -2.34. The molecule has 2 aliphatic heterocycles. The molecule has 0 aliphatic carbocycles. The van der Waals surface area contributed by atoms with Gasteiger partial charge in [0.25, 0.3) is 0 Å². The highest BCUT2D eigenvalue weighted by atomic mass is 35.5. The van der Waals surface area contributed by atoms with Crippen molar-refractivity contribution in [1.29, 1.82) is 0 Å². The number of halogens is 1. The largest absolute Gasteiger partial charge is 0.454 e. The molecule has 0 amide bonds.